The Labute approximate surface area is 166 Å². The van der Waals surface area contributed by atoms with Crippen molar-refractivity contribution in [3.05, 3.63) is 81.1 Å². The summed E-state index contributed by atoms with van der Waals surface area (Å²) >= 11 is 0. The Morgan fingerprint density at radius 3 is 2.90 bits per heavy atom. The lowest BCUT2D eigenvalue weighted by molar-refractivity contribution is -0.0194. The predicted octanol–water partition coefficient (Wildman–Crippen LogP) is 0.469. The molecular formula is C20H23N5O4. The van der Waals surface area contributed by atoms with Crippen molar-refractivity contribution in [2.24, 2.45) is 0 Å². The van der Waals surface area contributed by atoms with Crippen molar-refractivity contribution < 1.29 is 9.84 Å². The highest BCUT2D eigenvalue weighted by Gasteiger charge is 2.35. The minimum absolute atomic E-state index is 0.283. The lowest BCUT2D eigenvalue weighted by Crippen LogP contribution is -2.35. The van der Waals surface area contributed by atoms with Crippen LogP contribution in [0.1, 0.15) is 23.9 Å². The van der Waals surface area contributed by atoms with Crippen LogP contribution in [-0.4, -0.2) is 43.0 Å². The highest BCUT2D eigenvalue weighted by Crippen LogP contribution is 2.27. The number of H-pyrrole nitrogens is 1. The summed E-state index contributed by atoms with van der Waals surface area (Å²) in [6.07, 6.45) is 5.45. The van der Waals surface area contributed by atoms with Crippen molar-refractivity contribution in [1.82, 2.24) is 24.4 Å². The van der Waals surface area contributed by atoms with Crippen LogP contribution >= 0.6 is 0 Å². The Morgan fingerprint density at radius 2 is 2.10 bits per heavy atom. The molecule has 0 spiro atoms. The third-order valence-electron chi connectivity index (χ3n) is 5.09. The summed E-state index contributed by atoms with van der Waals surface area (Å²) in [5.41, 5.74) is 1.54. The summed E-state index contributed by atoms with van der Waals surface area (Å²) < 4.78 is 9.27. The molecule has 0 amide bonds. The Kier molecular flexibility index (Phi) is 5.43. The molecule has 0 unspecified atom stereocenters. The molecule has 3 atom stereocenters. The normalized spacial score (nSPS) is 21.5. The van der Waals surface area contributed by atoms with Gasteiger partial charge in [0.05, 0.1) is 12.2 Å². The van der Waals surface area contributed by atoms with Crippen LogP contribution in [0.25, 0.3) is 5.69 Å². The van der Waals surface area contributed by atoms with E-state index < -0.39 is 29.7 Å². The Hall–Kier alpha value is -3.01. The first-order valence-electron chi connectivity index (χ1n) is 9.46. The summed E-state index contributed by atoms with van der Waals surface area (Å²) in [5, 5.41) is 13.7. The van der Waals surface area contributed by atoms with Crippen LogP contribution in [0.5, 0.6) is 0 Å². The first-order chi connectivity index (χ1) is 14.0. The Balaban J connectivity index is 1.38. The summed E-state index contributed by atoms with van der Waals surface area (Å²) in [4.78, 5) is 29.9. The molecule has 3 aromatic heterocycles. The second-order valence-electron chi connectivity index (χ2n) is 7.12. The average molecular weight is 397 g/mol. The SMILES string of the molecule is Cc1cn([C@H]2C[C@H](O)[C@@H](CNCc3cccn3-c3ccncc3)O2)c(=O)[nH]c1=O. The van der Waals surface area contributed by atoms with Crippen molar-refractivity contribution in [3.63, 3.8) is 0 Å². The number of aromatic nitrogens is 4. The molecule has 3 aromatic rings. The summed E-state index contributed by atoms with van der Waals surface area (Å²) in [7, 11) is 0. The maximum atomic E-state index is 12.1. The van der Waals surface area contributed by atoms with E-state index in [0.29, 0.717) is 18.7 Å². The van der Waals surface area contributed by atoms with Crippen LogP contribution in [0.2, 0.25) is 0 Å². The maximum absolute atomic E-state index is 12.1. The zero-order valence-electron chi connectivity index (χ0n) is 16.0. The van der Waals surface area contributed by atoms with Gasteiger partial charge in [-0.2, -0.15) is 0 Å². The quantitative estimate of drug-likeness (QED) is 0.557. The van der Waals surface area contributed by atoms with Gasteiger partial charge in [0.2, 0.25) is 0 Å². The van der Waals surface area contributed by atoms with Crippen LogP contribution in [0.15, 0.2) is 58.6 Å². The van der Waals surface area contributed by atoms with Gasteiger partial charge in [-0.1, -0.05) is 0 Å². The number of ether oxygens (including phenoxy) is 1. The van der Waals surface area contributed by atoms with E-state index in [2.05, 4.69) is 19.9 Å². The van der Waals surface area contributed by atoms with Gasteiger partial charge in [-0.3, -0.25) is 19.3 Å². The minimum Gasteiger partial charge on any atom is -0.390 e. The monoisotopic (exact) mass is 397 g/mol. The minimum atomic E-state index is -0.710. The van der Waals surface area contributed by atoms with Crippen molar-refractivity contribution in [1.29, 1.82) is 0 Å². The Morgan fingerprint density at radius 1 is 1.31 bits per heavy atom. The van der Waals surface area contributed by atoms with Gasteiger partial charge in [0, 0.05) is 61.2 Å². The molecule has 29 heavy (non-hydrogen) atoms. The smallest absolute Gasteiger partial charge is 0.330 e. The summed E-state index contributed by atoms with van der Waals surface area (Å²) in [5.74, 6) is 0. The third-order valence-corrected chi connectivity index (χ3v) is 5.09. The molecule has 1 saturated heterocycles. The number of hydrogen-bond acceptors (Lipinski definition) is 6. The topological polar surface area (TPSA) is 114 Å². The summed E-state index contributed by atoms with van der Waals surface area (Å²) in [6.45, 7) is 2.64. The molecule has 1 aliphatic rings. The molecule has 9 nitrogen and oxygen atoms in total. The molecular weight excluding hydrogens is 374 g/mol. The molecule has 0 aliphatic carbocycles. The fraction of sp³-hybridized carbons (Fsp3) is 0.350. The standard InChI is InChI=1S/C20H23N5O4/c1-13-12-25(20(28)23-19(13)27)18-9-16(26)17(29-18)11-22-10-15-3-2-8-24(15)14-4-6-21-7-5-14/h2-8,12,16-18,22,26H,9-11H2,1H3,(H,23,27,28)/t16-,17+,18+/m0/s1. The lowest BCUT2D eigenvalue weighted by atomic mass is 10.2. The fourth-order valence-electron chi connectivity index (χ4n) is 3.53. The zero-order valence-corrected chi connectivity index (χ0v) is 16.0. The molecule has 1 fully saturated rings. The van der Waals surface area contributed by atoms with Gasteiger partial charge in [0.1, 0.15) is 6.23 Å². The second-order valence-corrected chi connectivity index (χ2v) is 7.12. The van der Waals surface area contributed by atoms with E-state index in [1.54, 1.807) is 19.3 Å². The van der Waals surface area contributed by atoms with Gasteiger partial charge in [-0.15, -0.1) is 0 Å². The largest absolute Gasteiger partial charge is 0.390 e. The third kappa shape index (κ3) is 4.07. The van der Waals surface area contributed by atoms with E-state index in [1.165, 1.54) is 10.8 Å². The van der Waals surface area contributed by atoms with E-state index in [1.807, 2.05) is 30.5 Å². The molecule has 9 heteroatoms. The first kappa shape index (κ1) is 19.3. The van der Waals surface area contributed by atoms with Crippen LogP contribution in [0, 0.1) is 6.92 Å². The number of aryl methyl sites for hydroxylation is 1. The van der Waals surface area contributed by atoms with Gasteiger partial charge >= 0.3 is 5.69 Å². The van der Waals surface area contributed by atoms with E-state index in [-0.39, 0.29) is 6.42 Å². The number of aliphatic hydroxyl groups is 1. The van der Waals surface area contributed by atoms with Gasteiger partial charge in [0.25, 0.3) is 5.56 Å². The summed E-state index contributed by atoms with van der Waals surface area (Å²) in [6, 6.07) is 7.85. The number of pyridine rings is 1. The molecule has 4 heterocycles. The molecule has 0 radical (unpaired) electrons. The van der Waals surface area contributed by atoms with E-state index in [9.17, 15) is 14.7 Å². The van der Waals surface area contributed by atoms with Crippen molar-refractivity contribution in [2.75, 3.05) is 6.54 Å². The van der Waals surface area contributed by atoms with E-state index in [4.69, 9.17) is 4.74 Å². The molecule has 0 bridgehead atoms. The Bertz CT molecular complexity index is 1090. The molecule has 0 saturated carbocycles. The number of nitrogens with zero attached hydrogens (tertiary/aromatic N) is 3. The predicted molar refractivity (Wildman–Crippen MR) is 106 cm³/mol. The molecule has 0 aromatic carbocycles. The molecule has 152 valence electrons. The second kappa shape index (κ2) is 8.16. The maximum Gasteiger partial charge on any atom is 0.330 e. The molecule has 1 aliphatic heterocycles. The fourth-order valence-corrected chi connectivity index (χ4v) is 3.53. The van der Waals surface area contributed by atoms with Crippen molar-refractivity contribution >= 4 is 0 Å². The van der Waals surface area contributed by atoms with Crippen molar-refractivity contribution in [3.8, 4) is 5.69 Å². The molecule has 4 rings (SSSR count). The van der Waals surface area contributed by atoms with Gasteiger partial charge < -0.3 is 19.7 Å². The lowest BCUT2D eigenvalue weighted by Gasteiger charge is -2.17. The number of aromatic amines is 1. The van der Waals surface area contributed by atoms with Gasteiger partial charge in [-0.05, 0) is 31.2 Å². The van der Waals surface area contributed by atoms with E-state index in [0.717, 1.165) is 11.4 Å². The van der Waals surface area contributed by atoms with Gasteiger partial charge in [-0.25, -0.2) is 4.79 Å². The van der Waals surface area contributed by atoms with Crippen LogP contribution < -0.4 is 16.6 Å². The van der Waals surface area contributed by atoms with Crippen LogP contribution in [-0.2, 0) is 11.3 Å². The van der Waals surface area contributed by atoms with Crippen molar-refractivity contribution in [2.45, 2.75) is 38.3 Å². The van der Waals surface area contributed by atoms with E-state index >= 15 is 0 Å². The number of nitrogens with one attached hydrogen (secondary N) is 2. The first-order valence-corrected chi connectivity index (χ1v) is 9.46. The number of rotatable bonds is 6. The highest BCUT2D eigenvalue weighted by atomic mass is 16.5. The highest BCUT2D eigenvalue weighted by molar-refractivity contribution is 5.32. The number of hydrogen-bond donors (Lipinski definition) is 3. The zero-order chi connectivity index (χ0) is 20.4. The number of aliphatic hydroxyl groups excluding tert-OH is 1. The van der Waals surface area contributed by atoms with Crippen LogP contribution in [0.3, 0.4) is 0 Å². The van der Waals surface area contributed by atoms with Crippen LogP contribution in [0.4, 0.5) is 0 Å². The average Bonchev–Trinajstić information content (AvgIpc) is 3.32. The molecule has 3 N–H and O–H groups in total. The van der Waals surface area contributed by atoms with Gasteiger partial charge in [0.15, 0.2) is 0 Å².